The lowest BCUT2D eigenvalue weighted by Gasteiger charge is -2.33. The van der Waals surface area contributed by atoms with E-state index in [9.17, 15) is 13.6 Å². The fourth-order valence-corrected chi connectivity index (χ4v) is 3.39. The van der Waals surface area contributed by atoms with Crippen molar-refractivity contribution in [3.8, 4) is 17.3 Å². The van der Waals surface area contributed by atoms with Crippen LogP contribution in [0.5, 0.6) is 5.88 Å². The van der Waals surface area contributed by atoms with E-state index in [-0.39, 0.29) is 35.5 Å². The Kier molecular flexibility index (Phi) is 6.06. The van der Waals surface area contributed by atoms with E-state index in [0.717, 1.165) is 0 Å². The topological polar surface area (TPSA) is 75.5 Å². The lowest BCUT2D eigenvalue weighted by molar-refractivity contribution is -0.138. The summed E-state index contributed by atoms with van der Waals surface area (Å²) < 4.78 is 35.0. The summed E-state index contributed by atoms with van der Waals surface area (Å²) in [6, 6.07) is 4.03. The van der Waals surface area contributed by atoms with Gasteiger partial charge in [0.15, 0.2) is 5.82 Å². The van der Waals surface area contributed by atoms with Crippen molar-refractivity contribution in [3.63, 3.8) is 0 Å². The average Bonchev–Trinajstić information content (AvgIpc) is 2.62. The minimum Gasteiger partial charge on any atom is -0.481 e. The monoisotopic (exact) mass is 391 g/mol. The predicted molar refractivity (Wildman–Crippen MR) is 100 cm³/mol. The number of carboxylic acids is 1. The number of nitrogens with zero attached hydrogens (tertiary/aromatic N) is 3. The van der Waals surface area contributed by atoms with E-state index in [1.54, 1.807) is 11.0 Å². The van der Waals surface area contributed by atoms with Gasteiger partial charge in [0, 0.05) is 37.3 Å². The molecule has 3 rings (SSSR count). The first-order valence-corrected chi connectivity index (χ1v) is 9.29. The maximum atomic E-state index is 14.7. The molecule has 6 nitrogen and oxygen atoms in total. The van der Waals surface area contributed by atoms with E-state index in [4.69, 9.17) is 9.84 Å². The molecule has 1 fully saturated rings. The van der Waals surface area contributed by atoms with Crippen LogP contribution in [0, 0.1) is 17.6 Å². The van der Waals surface area contributed by atoms with Crippen molar-refractivity contribution in [2.24, 2.45) is 5.92 Å². The van der Waals surface area contributed by atoms with Gasteiger partial charge in [0.25, 0.3) is 0 Å². The van der Waals surface area contributed by atoms with Crippen LogP contribution in [0.15, 0.2) is 24.4 Å². The van der Waals surface area contributed by atoms with Gasteiger partial charge < -0.3 is 14.7 Å². The summed E-state index contributed by atoms with van der Waals surface area (Å²) in [6.07, 6.45) is 2.67. The summed E-state index contributed by atoms with van der Waals surface area (Å²) in [7, 11) is 0. The zero-order valence-corrected chi connectivity index (χ0v) is 15.9. The molecule has 0 bridgehead atoms. The maximum Gasteiger partial charge on any atom is 0.303 e. The number of anilines is 1. The smallest absolute Gasteiger partial charge is 0.303 e. The van der Waals surface area contributed by atoms with Crippen LogP contribution in [0.25, 0.3) is 11.4 Å². The molecule has 8 heteroatoms. The molecule has 0 unspecified atom stereocenters. The van der Waals surface area contributed by atoms with Gasteiger partial charge in [-0.05, 0) is 44.7 Å². The molecule has 0 spiro atoms. The highest BCUT2D eigenvalue weighted by Gasteiger charge is 2.26. The third kappa shape index (κ3) is 4.74. The van der Waals surface area contributed by atoms with Gasteiger partial charge in [-0.3, -0.25) is 4.79 Å². The van der Waals surface area contributed by atoms with Crippen LogP contribution in [0.3, 0.4) is 0 Å². The molecule has 0 saturated carbocycles. The number of aromatic nitrogens is 2. The Balaban J connectivity index is 1.79. The van der Waals surface area contributed by atoms with Crippen molar-refractivity contribution in [3.05, 3.63) is 36.0 Å². The molecular formula is C20H23F2N3O3. The lowest BCUT2D eigenvalue weighted by atomic mass is 9.93. The molecule has 0 atom stereocenters. The van der Waals surface area contributed by atoms with Crippen molar-refractivity contribution in [1.29, 1.82) is 0 Å². The Morgan fingerprint density at radius 2 is 1.93 bits per heavy atom. The van der Waals surface area contributed by atoms with Crippen LogP contribution in [0.4, 0.5) is 14.5 Å². The zero-order chi connectivity index (χ0) is 20.3. The molecule has 150 valence electrons. The number of carbonyl (C=O) groups is 1. The number of hydrogen-bond acceptors (Lipinski definition) is 5. The molecule has 1 aliphatic rings. The van der Waals surface area contributed by atoms with E-state index in [2.05, 4.69) is 9.97 Å². The van der Waals surface area contributed by atoms with E-state index < -0.39 is 17.6 Å². The Morgan fingerprint density at radius 3 is 2.50 bits per heavy atom. The Hall–Kier alpha value is -2.77. The first-order valence-electron chi connectivity index (χ1n) is 9.29. The first kappa shape index (κ1) is 20.0. The summed E-state index contributed by atoms with van der Waals surface area (Å²) in [5, 5.41) is 8.89. The number of hydrogen-bond donors (Lipinski definition) is 1. The molecule has 0 aliphatic carbocycles. The molecule has 1 aromatic carbocycles. The van der Waals surface area contributed by atoms with Crippen LogP contribution in [0.2, 0.25) is 0 Å². The van der Waals surface area contributed by atoms with Crippen LogP contribution >= 0.6 is 0 Å². The number of halogens is 2. The van der Waals surface area contributed by atoms with Gasteiger partial charge in [-0.15, -0.1) is 0 Å². The molecule has 28 heavy (non-hydrogen) atoms. The minimum atomic E-state index is -0.844. The van der Waals surface area contributed by atoms with Gasteiger partial charge in [-0.2, -0.15) is 4.98 Å². The molecule has 1 aromatic heterocycles. The summed E-state index contributed by atoms with van der Waals surface area (Å²) >= 11 is 0. The SMILES string of the molecule is CC(C)Oc1ccnc(-c2cc(F)c(N3CCC(CC(=O)O)CC3)c(F)c2)n1. The fourth-order valence-electron chi connectivity index (χ4n) is 3.39. The van der Waals surface area contributed by atoms with Crippen molar-refractivity contribution >= 4 is 11.7 Å². The summed E-state index contributed by atoms with van der Waals surface area (Å²) in [5.41, 5.74) is 0.140. The van der Waals surface area contributed by atoms with Crippen LogP contribution in [0.1, 0.15) is 33.1 Å². The van der Waals surface area contributed by atoms with Crippen LogP contribution in [-0.2, 0) is 4.79 Å². The number of ether oxygens (including phenoxy) is 1. The molecule has 2 heterocycles. The predicted octanol–water partition coefficient (Wildman–Crippen LogP) is 3.90. The quantitative estimate of drug-likeness (QED) is 0.805. The van der Waals surface area contributed by atoms with Crippen LogP contribution in [-0.4, -0.2) is 40.2 Å². The molecule has 0 amide bonds. The van der Waals surface area contributed by atoms with Gasteiger partial charge in [-0.25, -0.2) is 13.8 Å². The maximum absolute atomic E-state index is 14.7. The largest absolute Gasteiger partial charge is 0.481 e. The summed E-state index contributed by atoms with van der Waals surface area (Å²) in [6.45, 7) is 4.55. The van der Waals surface area contributed by atoms with Gasteiger partial charge >= 0.3 is 5.97 Å². The summed E-state index contributed by atoms with van der Waals surface area (Å²) in [5.74, 6) is -1.66. The molecule has 1 N–H and O–H groups in total. The second-order valence-corrected chi connectivity index (χ2v) is 7.20. The number of benzene rings is 1. The van der Waals surface area contributed by atoms with Crippen LogP contribution < -0.4 is 9.64 Å². The second-order valence-electron chi connectivity index (χ2n) is 7.20. The fraction of sp³-hybridized carbons (Fsp3) is 0.450. The van der Waals surface area contributed by atoms with E-state index in [1.807, 2.05) is 13.8 Å². The van der Waals surface area contributed by atoms with E-state index >= 15 is 0 Å². The number of piperidine rings is 1. The molecule has 2 aromatic rings. The van der Waals surface area contributed by atoms with Crippen molar-refractivity contribution in [1.82, 2.24) is 9.97 Å². The highest BCUT2D eigenvalue weighted by molar-refractivity contribution is 5.67. The van der Waals surface area contributed by atoms with Gasteiger partial charge in [0.05, 0.1) is 6.10 Å². The molecule has 0 radical (unpaired) electrons. The van der Waals surface area contributed by atoms with Gasteiger partial charge in [0.1, 0.15) is 17.3 Å². The van der Waals surface area contributed by atoms with Gasteiger partial charge in [0.2, 0.25) is 5.88 Å². The minimum absolute atomic E-state index is 0.0382. The lowest BCUT2D eigenvalue weighted by Crippen LogP contribution is -2.35. The van der Waals surface area contributed by atoms with Crippen molar-refractivity contribution < 1.29 is 23.4 Å². The normalized spacial score (nSPS) is 15.1. The number of aliphatic carboxylic acids is 1. The number of carboxylic acid groups (broad SMARTS) is 1. The van der Waals surface area contributed by atoms with E-state index in [1.165, 1.54) is 18.3 Å². The molecule has 1 aliphatic heterocycles. The average molecular weight is 391 g/mol. The Morgan fingerprint density at radius 1 is 1.29 bits per heavy atom. The zero-order valence-electron chi connectivity index (χ0n) is 15.9. The first-order chi connectivity index (χ1) is 13.3. The van der Waals surface area contributed by atoms with Crippen molar-refractivity contribution in [2.45, 2.75) is 39.2 Å². The van der Waals surface area contributed by atoms with E-state index in [0.29, 0.717) is 31.8 Å². The Labute approximate surface area is 162 Å². The van der Waals surface area contributed by atoms with Gasteiger partial charge in [-0.1, -0.05) is 0 Å². The third-order valence-electron chi connectivity index (χ3n) is 4.66. The standard InChI is InChI=1S/C20H23F2N3O3/c1-12(2)28-17-3-6-23-20(24-17)14-10-15(21)19(16(22)11-14)25-7-4-13(5-8-25)9-18(26)27/h3,6,10-13H,4-5,7-9H2,1-2H3,(H,26,27). The molecule has 1 saturated heterocycles. The third-order valence-corrected chi connectivity index (χ3v) is 4.66. The highest BCUT2D eigenvalue weighted by Crippen LogP contribution is 2.32. The summed E-state index contributed by atoms with van der Waals surface area (Å²) in [4.78, 5) is 20.8. The Bertz CT molecular complexity index is 829. The number of rotatable bonds is 6. The van der Waals surface area contributed by atoms with Crippen molar-refractivity contribution in [2.75, 3.05) is 18.0 Å². The second kappa shape index (κ2) is 8.50. The highest BCUT2D eigenvalue weighted by atomic mass is 19.1. The molecular weight excluding hydrogens is 368 g/mol.